The minimum atomic E-state index is -3.01. The maximum absolute atomic E-state index is 12.0. The van der Waals surface area contributed by atoms with Gasteiger partial charge in [0.05, 0.1) is 24.1 Å². The number of nitrogens with zero attached hydrogens (tertiary/aromatic N) is 2. The molecule has 2 aliphatic rings. The summed E-state index contributed by atoms with van der Waals surface area (Å²) in [7, 11) is -3.01. The van der Waals surface area contributed by atoms with Gasteiger partial charge in [-0.2, -0.15) is 0 Å². The summed E-state index contributed by atoms with van der Waals surface area (Å²) in [4.78, 5) is 30.0. The van der Waals surface area contributed by atoms with E-state index in [0.717, 1.165) is 0 Å². The highest BCUT2D eigenvalue weighted by molar-refractivity contribution is 7.91. The maximum Gasteiger partial charge on any atom is 0.410 e. The second-order valence-corrected chi connectivity index (χ2v) is 10.6. The van der Waals surface area contributed by atoms with Crippen molar-refractivity contribution in [1.82, 2.24) is 20.9 Å². The van der Waals surface area contributed by atoms with Gasteiger partial charge in [0.25, 0.3) is 0 Å². The lowest BCUT2D eigenvalue weighted by Crippen LogP contribution is -2.63. The number of aliphatic imine (C=N–C) groups is 1. The highest BCUT2D eigenvalue weighted by Gasteiger charge is 2.34. The van der Waals surface area contributed by atoms with Gasteiger partial charge in [-0.15, -0.1) is 0 Å². The van der Waals surface area contributed by atoms with E-state index in [4.69, 9.17) is 4.74 Å². The molecule has 3 N–H and O–H groups in total. The highest BCUT2D eigenvalue weighted by Crippen LogP contribution is 2.15. The summed E-state index contributed by atoms with van der Waals surface area (Å²) < 4.78 is 28.2. The van der Waals surface area contributed by atoms with Crippen LogP contribution < -0.4 is 16.0 Å². The molecule has 0 aromatic rings. The Morgan fingerprint density at radius 2 is 1.86 bits per heavy atom. The van der Waals surface area contributed by atoms with Gasteiger partial charge in [0, 0.05) is 32.1 Å². The van der Waals surface area contributed by atoms with Crippen LogP contribution in [0.5, 0.6) is 0 Å². The molecule has 0 aromatic heterocycles. The number of nitrogens with one attached hydrogen (secondary N) is 3. The number of amides is 2. The molecule has 0 radical (unpaired) electrons. The molecule has 2 saturated heterocycles. The van der Waals surface area contributed by atoms with Crippen LogP contribution in [-0.2, 0) is 19.4 Å². The molecule has 0 bridgehead atoms. The maximum atomic E-state index is 12.0. The number of ether oxygens (including phenoxy) is 1. The average Bonchev–Trinajstić information content (AvgIpc) is 2.87. The predicted molar refractivity (Wildman–Crippen MR) is 111 cm³/mol. The number of carbonyl (C=O) groups is 2. The van der Waals surface area contributed by atoms with E-state index in [1.807, 2.05) is 27.7 Å². The van der Waals surface area contributed by atoms with Crippen LogP contribution in [0.1, 0.15) is 40.5 Å². The van der Waals surface area contributed by atoms with Gasteiger partial charge in [0.2, 0.25) is 5.91 Å². The first-order chi connectivity index (χ1) is 13.5. The number of likely N-dealkylation sites (tertiary alicyclic amines) is 1. The van der Waals surface area contributed by atoms with Crippen LogP contribution in [0.25, 0.3) is 0 Å². The van der Waals surface area contributed by atoms with Crippen molar-refractivity contribution in [3.05, 3.63) is 0 Å². The normalized spacial score (nSPS) is 22.0. The van der Waals surface area contributed by atoms with E-state index in [1.165, 1.54) is 0 Å². The van der Waals surface area contributed by atoms with Crippen molar-refractivity contribution in [2.75, 3.05) is 37.7 Å². The van der Waals surface area contributed by atoms with Crippen LogP contribution in [0.2, 0.25) is 0 Å². The summed E-state index contributed by atoms with van der Waals surface area (Å²) in [6.45, 7) is 9.43. The number of rotatable bonds is 6. The molecule has 166 valence electrons. The summed E-state index contributed by atoms with van der Waals surface area (Å²) in [5.74, 6) is 0.526. The molecule has 0 aromatic carbocycles. The lowest BCUT2D eigenvalue weighted by Gasteiger charge is -2.40. The predicted octanol–water partition coefficient (Wildman–Crippen LogP) is -0.146. The molecule has 0 aliphatic carbocycles. The van der Waals surface area contributed by atoms with Crippen molar-refractivity contribution >= 4 is 27.8 Å². The summed E-state index contributed by atoms with van der Waals surface area (Å²) in [5, 5.41) is 9.11. The topological polar surface area (TPSA) is 129 Å². The van der Waals surface area contributed by atoms with Gasteiger partial charge in [-0.05, 0) is 34.1 Å². The SMILES string of the molecule is CCNC(=NCCC(=O)NC1CCS(=O)(=O)C1)NC1CN(C(=O)OC(C)(C)C)C1. The number of carbonyl (C=O) groups excluding carboxylic acids is 2. The van der Waals surface area contributed by atoms with E-state index in [0.29, 0.717) is 32.0 Å². The van der Waals surface area contributed by atoms with Gasteiger partial charge in [0.1, 0.15) is 5.60 Å². The molecule has 0 saturated carbocycles. The molecule has 29 heavy (non-hydrogen) atoms. The fourth-order valence-corrected chi connectivity index (χ4v) is 4.71. The third-order valence-corrected chi connectivity index (χ3v) is 6.19. The van der Waals surface area contributed by atoms with Gasteiger partial charge >= 0.3 is 6.09 Å². The Balaban J connectivity index is 1.72. The smallest absolute Gasteiger partial charge is 0.410 e. The second-order valence-electron chi connectivity index (χ2n) is 8.40. The number of guanidine groups is 1. The quantitative estimate of drug-likeness (QED) is 0.394. The van der Waals surface area contributed by atoms with Crippen molar-refractivity contribution in [1.29, 1.82) is 0 Å². The lowest BCUT2D eigenvalue weighted by atomic mass is 10.1. The van der Waals surface area contributed by atoms with Gasteiger partial charge < -0.3 is 25.6 Å². The van der Waals surface area contributed by atoms with Crippen LogP contribution in [0, 0.1) is 0 Å². The first kappa shape index (κ1) is 23.2. The zero-order chi connectivity index (χ0) is 21.7. The van der Waals surface area contributed by atoms with Gasteiger partial charge in [0.15, 0.2) is 15.8 Å². The second kappa shape index (κ2) is 9.64. The van der Waals surface area contributed by atoms with Crippen molar-refractivity contribution in [2.45, 2.75) is 58.2 Å². The molecule has 2 fully saturated rings. The van der Waals surface area contributed by atoms with Gasteiger partial charge in [-0.25, -0.2) is 13.2 Å². The third-order valence-electron chi connectivity index (χ3n) is 4.42. The van der Waals surface area contributed by atoms with Crippen molar-refractivity contribution in [3.63, 3.8) is 0 Å². The molecule has 2 heterocycles. The fourth-order valence-electron chi connectivity index (χ4n) is 3.04. The van der Waals surface area contributed by atoms with Crippen molar-refractivity contribution < 1.29 is 22.7 Å². The van der Waals surface area contributed by atoms with E-state index in [-0.39, 0.29) is 48.6 Å². The molecule has 2 amide bonds. The molecule has 2 aliphatic heterocycles. The number of hydrogen-bond acceptors (Lipinski definition) is 6. The van der Waals surface area contributed by atoms with Crippen LogP contribution in [-0.4, -0.2) is 86.6 Å². The minimum Gasteiger partial charge on any atom is -0.444 e. The van der Waals surface area contributed by atoms with Gasteiger partial charge in [-0.3, -0.25) is 9.79 Å². The summed E-state index contributed by atoms with van der Waals surface area (Å²) >= 11 is 0. The Morgan fingerprint density at radius 3 is 2.41 bits per heavy atom. The molecule has 1 unspecified atom stereocenters. The van der Waals surface area contributed by atoms with Crippen molar-refractivity contribution in [3.8, 4) is 0 Å². The molecule has 10 nitrogen and oxygen atoms in total. The highest BCUT2D eigenvalue weighted by atomic mass is 32.2. The first-order valence-electron chi connectivity index (χ1n) is 10.00. The Kier molecular flexibility index (Phi) is 7.73. The number of hydrogen-bond donors (Lipinski definition) is 3. The summed E-state index contributed by atoms with van der Waals surface area (Å²) in [6.07, 6.45) is 0.321. The van der Waals surface area contributed by atoms with E-state index < -0.39 is 15.4 Å². The molecule has 2 rings (SSSR count). The summed E-state index contributed by atoms with van der Waals surface area (Å²) in [6, 6.07) is -0.227. The average molecular weight is 432 g/mol. The van der Waals surface area contributed by atoms with Crippen LogP contribution in [0.4, 0.5) is 4.79 Å². The summed E-state index contributed by atoms with van der Waals surface area (Å²) in [5.41, 5.74) is -0.519. The van der Waals surface area contributed by atoms with E-state index in [1.54, 1.807) is 4.90 Å². The molecule has 11 heteroatoms. The van der Waals surface area contributed by atoms with Gasteiger partial charge in [-0.1, -0.05) is 0 Å². The van der Waals surface area contributed by atoms with Crippen LogP contribution in [0.15, 0.2) is 4.99 Å². The van der Waals surface area contributed by atoms with Crippen molar-refractivity contribution in [2.24, 2.45) is 4.99 Å². The molecule has 0 spiro atoms. The van der Waals surface area contributed by atoms with E-state index in [9.17, 15) is 18.0 Å². The first-order valence-corrected chi connectivity index (χ1v) is 11.8. The lowest BCUT2D eigenvalue weighted by molar-refractivity contribution is -0.121. The van der Waals surface area contributed by atoms with Crippen LogP contribution in [0.3, 0.4) is 0 Å². The monoisotopic (exact) mass is 431 g/mol. The Morgan fingerprint density at radius 1 is 1.17 bits per heavy atom. The molecular formula is C18H33N5O5S. The van der Waals surface area contributed by atoms with Crippen LogP contribution >= 0.6 is 0 Å². The zero-order valence-electron chi connectivity index (χ0n) is 17.7. The molecule has 1 atom stereocenters. The molecular weight excluding hydrogens is 398 g/mol. The third kappa shape index (κ3) is 8.08. The Hall–Kier alpha value is -2.04. The zero-order valence-corrected chi connectivity index (χ0v) is 18.5. The standard InChI is InChI=1S/C18H33N5O5S/c1-5-19-16(22-14-10-23(11-14)17(25)28-18(2,3)4)20-8-6-15(24)21-13-7-9-29(26,27)12-13/h13-14H,5-12H2,1-4H3,(H,21,24)(H2,19,20,22). The fraction of sp³-hybridized carbons (Fsp3) is 0.833. The van der Waals surface area contributed by atoms with E-state index >= 15 is 0 Å². The number of sulfone groups is 1. The Bertz CT molecular complexity index is 725. The van der Waals surface area contributed by atoms with E-state index in [2.05, 4.69) is 20.9 Å². The minimum absolute atomic E-state index is 0.0159. The largest absolute Gasteiger partial charge is 0.444 e. The Labute approximate surface area is 172 Å².